The summed E-state index contributed by atoms with van der Waals surface area (Å²) in [5.74, 6) is 0.228. The van der Waals surface area contributed by atoms with E-state index in [2.05, 4.69) is 6.92 Å². The van der Waals surface area contributed by atoms with Crippen LogP contribution in [0.3, 0.4) is 0 Å². The molecule has 1 unspecified atom stereocenters. The molecule has 1 saturated carbocycles. The molecule has 0 saturated heterocycles. The van der Waals surface area contributed by atoms with Crippen molar-refractivity contribution in [2.75, 3.05) is 0 Å². The molecular weight excluding hydrogens is 180 g/mol. The van der Waals surface area contributed by atoms with Gasteiger partial charge in [-0.1, -0.05) is 20.8 Å². The summed E-state index contributed by atoms with van der Waals surface area (Å²) in [6, 6.07) is 0. The van der Waals surface area contributed by atoms with Gasteiger partial charge in [0.2, 0.25) is 0 Å². The molecule has 3 atom stereocenters. The van der Waals surface area contributed by atoms with Gasteiger partial charge in [0.05, 0.1) is 12.0 Å². The lowest BCUT2D eigenvalue weighted by Crippen LogP contribution is -2.37. The van der Waals surface area contributed by atoms with E-state index in [0.717, 1.165) is 19.3 Å². The highest BCUT2D eigenvalue weighted by Crippen LogP contribution is 2.26. The molecule has 1 aliphatic carbocycles. The average Bonchev–Trinajstić information content (AvgIpc) is 2.11. The minimum Gasteiger partial charge on any atom is -0.459 e. The topological polar surface area (TPSA) is 46.5 Å². The molecule has 3 heteroatoms. The Bertz CT molecular complexity index is 201. The smallest absolute Gasteiger partial charge is 0.308 e. The fraction of sp³-hybridized carbons (Fsp3) is 0.909. The Morgan fingerprint density at radius 3 is 2.64 bits per heavy atom. The van der Waals surface area contributed by atoms with E-state index >= 15 is 0 Å². The van der Waals surface area contributed by atoms with Crippen LogP contribution in [0, 0.1) is 11.8 Å². The summed E-state index contributed by atoms with van der Waals surface area (Å²) < 4.78 is 5.25. The van der Waals surface area contributed by atoms with Crippen molar-refractivity contribution in [3.8, 4) is 0 Å². The first-order valence-corrected chi connectivity index (χ1v) is 5.39. The number of aliphatic hydroxyl groups excluding tert-OH is 1. The van der Waals surface area contributed by atoms with Crippen LogP contribution in [0.15, 0.2) is 0 Å². The van der Waals surface area contributed by atoms with E-state index in [1.807, 2.05) is 0 Å². The largest absolute Gasteiger partial charge is 0.459 e. The van der Waals surface area contributed by atoms with Crippen LogP contribution >= 0.6 is 0 Å². The molecule has 14 heavy (non-hydrogen) atoms. The average molecular weight is 200 g/mol. The number of rotatable bonds is 2. The van der Waals surface area contributed by atoms with E-state index in [9.17, 15) is 9.90 Å². The Hall–Kier alpha value is -0.570. The second-order valence-electron chi connectivity index (χ2n) is 4.62. The fourth-order valence-corrected chi connectivity index (χ4v) is 1.72. The lowest BCUT2D eigenvalue weighted by Gasteiger charge is -2.31. The Morgan fingerprint density at radius 1 is 1.43 bits per heavy atom. The van der Waals surface area contributed by atoms with Crippen molar-refractivity contribution in [1.82, 2.24) is 0 Å². The van der Waals surface area contributed by atoms with Gasteiger partial charge in [-0.05, 0) is 25.2 Å². The number of carbonyl (C=O) groups excluding carboxylic acids is 1. The fourth-order valence-electron chi connectivity index (χ4n) is 1.72. The molecule has 0 spiro atoms. The molecule has 3 nitrogen and oxygen atoms in total. The molecule has 0 aromatic heterocycles. The van der Waals surface area contributed by atoms with Crippen molar-refractivity contribution in [3.05, 3.63) is 0 Å². The highest BCUT2D eigenvalue weighted by atomic mass is 16.6. The zero-order valence-corrected chi connectivity index (χ0v) is 9.19. The van der Waals surface area contributed by atoms with Gasteiger partial charge in [-0.3, -0.25) is 4.79 Å². The van der Waals surface area contributed by atoms with Crippen molar-refractivity contribution < 1.29 is 14.6 Å². The molecule has 0 bridgehead atoms. The Morgan fingerprint density at radius 2 is 2.07 bits per heavy atom. The summed E-state index contributed by atoms with van der Waals surface area (Å²) in [7, 11) is 0. The van der Waals surface area contributed by atoms with Crippen LogP contribution in [0.25, 0.3) is 0 Å². The number of hydrogen-bond donors (Lipinski definition) is 1. The van der Waals surface area contributed by atoms with E-state index in [4.69, 9.17) is 4.74 Å². The number of ether oxygens (including phenoxy) is 1. The second kappa shape index (κ2) is 4.78. The van der Waals surface area contributed by atoms with E-state index < -0.39 is 6.10 Å². The first-order valence-electron chi connectivity index (χ1n) is 5.39. The van der Waals surface area contributed by atoms with Crippen LogP contribution in [0.4, 0.5) is 0 Å². The van der Waals surface area contributed by atoms with Gasteiger partial charge >= 0.3 is 5.97 Å². The monoisotopic (exact) mass is 200 g/mol. The van der Waals surface area contributed by atoms with Gasteiger partial charge < -0.3 is 9.84 Å². The lowest BCUT2D eigenvalue weighted by molar-refractivity contribution is -0.162. The number of carbonyl (C=O) groups is 1. The number of hydrogen-bond acceptors (Lipinski definition) is 3. The van der Waals surface area contributed by atoms with Gasteiger partial charge in [0.25, 0.3) is 0 Å². The van der Waals surface area contributed by atoms with E-state index in [0.29, 0.717) is 5.92 Å². The van der Waals surface area contributed by atoms with Gasteiger partial charge in [-0.25, -0.2) is 0 Å². The highest BCUT2D eigenvalue weighted by Gasteiger charge is 2.30. The van der Waals surface area contributed by atoms with Crippen LogP contribution in [-0.2, 0) is 9.53 Å². The van der Waals surface area contributed by atoms with Crippen LogP contribution in [0.2, 0.25) is 0 Å². The molecule has 0 aliphatic heterocycles. The van der Waals surface area contributed by atoms with E-state index in [-0.39, 0.29) is 18.0 Å². The Labute approximate surface area is 85.5 Å². The standard InChI is InChI=1S/C11H20O3/c1-7(2)11(13)14-10-6-8(3)4-5-9(10)12/h7-10,12H,4-6H2,1-3H3/t8?,9-,10-/m0/s1. The number of aliphatic hydroxyl groups is 1. The Balaban J connectivity index is 2.45. The van der Waals surface area contributed by atoms with Crippen molar-refractivity contribution >= 4 is 5.97 Å². The lowest BCUT2D eigenvalue weighted by atomic mass is 9.86. The zero-order valence-electron chi connectivity index (χ0n) is 9.19. The Kier molecular flexibility index (Phi) is 3.93. The summed E-state index contributed by atoms with van der Waals surface area (Å²) in [6.07, 6.45) is 1.82. The maximum absolute atomic E-state index is 11.3. The van der Waals surface area contributed by atoms with Gasteiger partial charge in [0.15, 0.2) is 0 Å². The second-order valence-corrected chi connectivity index (χ2v) is 4.62. The molecule has 0 aromatic carbocycles. The van der Waals surface area contributed by atoms with Crippen molar-refractivity contribution in [3.63, 3.8) is 0 Å². The minimum absolute atomic E-state index is 0.112. The molecule has 0 heterocycles. The SMILES string of the molecule is CC1CC[C@H](O)[C@@H](OC(=O)C(C)C)C1. The first-order chi connectivity index (χ1) is 6.50. The minimum atomic E-state index is -0.464. The third-order valence-corrected chi connectivity index (χ3v) is 2.76. The molecule has 0 radical (unpaired) electrons. The quantitative estimate of drug-likeness (QED) is 0.690. The molecule has 1 fully saturated rings. The first kappa shape index (κ1) is 11.5. The molecule has 0 amide bonds. The van der Waals surface area contributed by atoms with Crippen molar-refractivity contribution in [1.29, 1.82) is 0 Å². The third kappa shape index (κ3) is 2.98. The van der Waals surface area contributed by atoms with Gasteiger partial charge in [-0.2, -0.15) is 0 Å². The summed E-state index contributed by atoms with van der Waals surface area (Å²) in [5.41, 5.74) is 0. The summed E-state index contributed by atoms with van der Waals surface area (Å²) >= 11 is 0. The van der Waals surface area contributed by atoms with Crippen LogP contribution in [0.5, 0.6) is 0 Å². The molecule has 82 valence electrons. The van der Waals surface area contributed by atoms with Crippen LogP contribution in [-0.4, -0.2) is 23.3 Å². The maximum atomic E-state index is 11.3. The predicted molar refractivity (Wildman–Crippen MR) is 53.7 cm³/mol. The van der Waals surface area contributed by atoms with Crippen molar-refractivity contribution in [2.45, 2.75) is 52.2 Å². The van der Waals surface area contributed by atoms with E-state index in [1.165, 1.54) is 0 Å². The molecule has 1 rings (SSSR count). The highest BCUT2D eigenvalue weighted by molar-refractivity contribution is 5.71. The third-order valence-electron chi connectivity index (χ3n) is 2.76. The molecule has 1 N–H and O–H groups in total. The van der Waals surface area contributed by atoms with Gasteiger partial charge in [-0.15, -0.1) is 0 Å². The summed E-state index contributed by atoms with van der Waals surface area (Å²) in [5, 5.41) is 9.64. The van der Waals surface area contributed by atoms with Gasteiger partial charge in [0.1, 0.15) is 6.10 Å². The van der Waals surface area contributed by atoms with E-state index in [1.54, 1.807) is 13.8 Å². The van der Waals surface area contributed by atoms with Crippen LogP contribution < -0.4 is 0 Å². The predicted octanol–water partition coefficient (Wildman–Crippen LogP) is 1.74. The summed E-state index contributed by atoms with van der Waals surface area (Å²) in [4.78, 5) is 11.3. The zero-order chi connectivity index (χ0) is 10.7. The molecule has 1 aliphatic rings. The molecule has 0 aromatic rings. The molecular formula is C11H20O3. The van der Waals surface area contributed by atoms with Crippen LogP contribution in [0.1, 0.15) is 40.0 Å². The number of esters is 1. The van der Waals surface area contributed by atoms with Crippen molar-refractivity contribution in [2.24, 2.45) is 11.8 Å². The maximum Gasteiger partial charge on any atom is 0.308 e. The normalized spacial score (nSPS) is 33.1. The summed E-state index contributed by atoms with van der Waals surface area (Å²) in [6.45, 7) is 5.74. The van der Waals surface area contributed by atoms with Gasteiger partial charge in [0, 0.05) is 0 Å².